The van der Waals surface area contributed by atoms with Gasteiger partial charge in [-0.15, -0.1) is 0 Å². The topological polar surface area (TPSA) is 57.1 Å². The average molecular weight is 373 g/mol. The highest BCUT2D eigenvalue weighted by atomic mass is 16.3. The van der Waals surface area contributed by atoms with E-state index in [1.807, 2.05) is 0 Å². The Kier molecular flexibility index (Phi) is 22.8. The van der Waals surface area contributed by atoms with E-state index in [2.05, 4.69) is 12.2 Å². The molecule has 0 aromatic rings. The van der Waals surface area contributed by atoms with Gasteiger partial charge in [0.05, 0.1) is 12.6 Å². The summed E-state index contributed by atoms with van der Waals surface area (Å²) in [6.07, 6.45) is 24.2. The van der Waals surface area contributed by atoms with Crippen molar-refractivity contribution in [2.24, 2.45) is 0 Å². The van der Waals surface area contributed by atoms with Gasteiger partial charge in [0.1, 0.15) is 0 Å². The number of rotatable bonds is 22. The van der Waals surface area contributed by atoms with Gasteiger partial charge in [0.2, 0.25) is 0 Å². The minimum atomic E-state index is 0.236. The van der Waals surface area contributed by atoms with Gasteiger partial charge in [-0.3, -0.25) is 0 Å². The van der Waals surface area contributed by atoms with E-state index in [1.54, 1.807) is 0 Å². The van der Waals surface area contributed by atoms with Crippen LogP contribution >= 0.6 is 0 Å². The Balaban J connectivity index is 3.13. The molecule has 0 saturated heterocycles. The second-order valence-electron chi connectivity index (χ2n) is 8.11. The van der Waals surface area contributed by atoms with Crippen molar-refractivity contribution < 1.29 is 15.5 Å². The summed E-state index contributed by atoms with van der Waals surface area (Å²) < 4.78 is 0. The monoisotopic (exact) mass is 372 g/mol. The van der Waals surface area contributed by atoms with Crippen molar-refractivity contribution in [1.82, 2.24) is 0 Å². The average Bonchev–Trinajstić information content (AvgIpc) is 2.64. The Bertz CT molecular complexity index is 242. The fraction of sp³-hybridized carbons (Fsp3) is 1.00. The fourth-order valence-electron chi connectivity index (χ4n) is 3.76. The predicted molar refractivity (Wildman–Crippen MR) is 114 cm³/mol. The van der Waals surface area contributed by atoms with Crippen LogP contribution in [0.5, 0.6) is 0 Å². The van der Waals surface area contributed by atoms with Crippen LogP contribution in [0.4, 0.5) is 0 Å². The predicted octanol–water partition coefficient (Wildman–Crippen LogP) is 4.94. The van der Waals surface area contributed by atoms with E-state index >= 15 is 0 Å². The molecular weight excluding hydrogens is 322 g/mol. The molecule has 0 atom stereocenters. The first-order chi connectivity index (χ1) is 12.8. The lowest BCUT2D eigenvalue weighted by molar-refractivity contribution is -0.691. The number of hydrogen-bond acceptors (Lipinski definition) is 2. The Morgan fingerprint density at radius 1 is 0.538 bits per heavy atom. The van der Waals surface area contributed by atoms with Crippen LogP contribution in [0.25, 0.3) is 0 Å². The lowest BCUT2D eigenvalue weighted by Gasteiger charge is -2.13. The molecule has 0 bridgehead atoms. The van der Waals surface area contributed by atoms with Crippen LogP contribution < -0.4 is 5.32 Å². The van der Waals surface area contributed by atoms with Crippen molar-refractivity contribution in [2.75, 3.05) is 19.8 Å². The van der Waals surface area contributed by atoms with E-state index in [1.165, 1.54) is 103 Å². The Labute approximate surface area is 164 Å². The number of aliphatic hydroxyl groups is 2. The lowest BCUT2D eigenvalue weighted by atomic mass is 10.0. The largest absolute Gasteiger partial charge is 0.396 e. The summed E-state index contributed by atoms with van der Waals surface area (Å²) in [4.78, 5) is 0. The van der Waals surface area contributed by atoms with Gasteiger partial charge >= 0.3 is 0 Å². The number of unbranched alkanes of at least 4 members (excludes halogenated alkanes) is 15. The lowest BCUT2D eigenvalue weighted by Crippen LogP contribution is -2.90. The highest BCUT2D eigenvalue weighted by Gasteiger charge is 2.09. The highest BCUT2D eigenvalue weighted by molar-refractivity contribution is 4.53. The van der Waals surface area contributed by atoms with E-state index in [0.29, 0.717) is 6.04 Å². The van der Waals surface area contributed by atoms with E-state index in [4.69, 9.17) is 10.2 Å². The normalized spacial score (nSPS) is 11.5. The molecule has 0 aromatic heterocycles. The number of quaternary nitrogens is 1. The molecule has 0 fully saturated rings. The smallest absolute Gasteiger partial charge is 0.0903 e. The van der Waals surface area contributed by atoms with Crippen LogP contribution in [0.2, 0.25) is 0 Å². The molecule has 0 spiro atoms. The van der Waals surface area contributed by atoms with E-state index in [0.717, 1.165) is 19.4 Å². The number of hydrogen-bond donors (Lipinski definition) is 3. The molecule has 26 heavy (non-hydrogen) atoms. The molecule has 0 radical (unpaired) electrons. The minimum absolute atomic E-state index is 0.236. The second kappa shape index (κ2) is 22.9. The molecule has 0 aliphatic rings. The summed E-state index contributed by atoms with van der Waals surface area (Å²) in [5.41, 5.74) is 0. The van der Waals surface area contributed by atoms with Crippen molar-refractivity contribution in [1.29, 1.82) is 0 Å². The maximum Gasteiger partial charge on any atom is 0.0903 e. The Hall–Kier alpha value is -0.120. The van der Waals surface area contributed by atoms with Crippen LogP contribution in [-0.2, 0) is 0 Å². The Morgan fingerprint density at radius 2 is 0.885 bits per heavy atom. The molecule has 0 amide bonds. The first-order valence-electron chi connectivity index (χ1n) is 11.9. The summed E-state index contributed by atoms with van der Waals surface area (Å²) in [7, 11) is 0. The molecule has 0 heterocycles. The van der Waals surface area contributed by atoms with Gasteiger partial charge in [-0.1, -0.05) is 96.8 Å². The van der Waals surface area contributed by atoms with Gasteiger partial charge < -0.3 is 15.5 Å². The van der Waals surface area contributed by atoms with Crippen molar-refractivity contribution in [2.45, 2.75) is 129 Å². The van der Waals surface area contributed by atoms with Crippen molar-refractivity contribution in [3.05, 3.63) is 0 Å². The molecular formula is C23H50NO2+. The zero-order valence-electron chi connectivity index (χ0n) is 17.9. The molecule has 158 valence electrons. The summed E-state index contributed by atoms with van der Waals surface area (Å²) in [6, 6.07) is 0.404. The number of nitrogens with two attached hydrogens (primary N) is 1. The van der Waals surface area contributed by atoms with Gasteiger partial charge in [0.25, 0.3) is 0 Å². The molecule has 0 aromatic carbocycles. The van der Waals surface area contributed by atoms with Crippen molar-refractivity contribution in [3.8, 4) is 0 Å². The third-order valence-electron chi connectivity index (χ3n) is 5.56. The molecule has 0 unspecified atom stereocenters. The third kappa shape index (κ3) is 20.2. The second-order valence-corrected chi connectivity index (χ2v) is 8.11. The molecule has 0 aliphatic carbocycles. The van der Waals surface area contributed by atoms with Gasteiger partial charge in [-0.25, -0.2) is 0 Å². The molecule has 0 saturated carbocycles. The van der Waals surface area contributed by atoms with E-state index in [9.17, 15) is 0 Å². The Morgan fingerprint density at radius 3 is 1.23 bits per heavy atom. The van der Waals surface area contributed by atoms with Crippen LogP contribution in [0.15, 0.2) is 0 Å². The maximum atomic E-state index is 9.01. The molecule has 4 N–H and O–H groups in total. The SMILES string of the molecule is CCCCCCCCCCCCCCCCCC[NH2+]C(CCO)CCO. The summed E-state index contributed by atoms with van der Waals surface area (Å²) in [5.74, 6) is 0. The minimum Gasteiger partial charge on any atom is -0.396 e. The van der Waals surface area contributed by atoms with Crippen LogP contribution in [0, 0.1) is 0 Å². The summed E-state index contributed by atoms with van der Waals surface area (Å²) in [6.45, 7) is 3.90. The summed E-state index contributed by atoms with van der Waals surface area (Å²) in [5, 5.41) is 20.3. The number of aliphatic hydroxyl groups excluding tert-OH is 2. The van der Waals surface area contributed by atoms with Crippen LogP contribution in [0.1, 0.15) is 122 Å². The zero-order chi connectivity index (χ0) is 19.1. The van der Waals surface area contributed by atoms with E-state index < -0.39 is 0 Å². The van der Waals surface area contributed by atoms with Crippen LogP contribution in [0.3, 0.4) is 0 Å². The van der Waals surface area contributed by atoms with Gasteiger partial charge in [-0.05, 0) is 12.8 Å². The molecule has 0 aliphatic heterocycles. The van der Waals surface area contributed by atoms with Crippen LogP contribution in [-0.4, -0.2) is 36.0 Å². The highest BCUT2D eigenvalue weighted by Crippen LogP contribution is 2.13. The van der Waals surface area contributed by atoms with Gasteiger partial charge in [0, 0.05) is 26.1 Å². The molecule has 3 nitrogen and oxygen atoms in total. The quantitative estimate of drug-likeness (QED) is 0.236. The van der Waals surface area contributed by atoms with Gasteiger partial charge in [-0.2, -0.15) is 0 Å². The van der Waals surface area contributed by atoms with Gasteiger partial charge in [0.15, 0.2) is 0 Å². The summed E-state index contributed by atoms with van der Waals surface area (Å²) >= 11 is 0. The standard InChI is InChI=1S/C23H49NO2/c1-2-3-4-5-6-7-8-9-10-11-12-13-14-15-16-17-20-24-23(18-21-25)19-22-26/h23-26H,2-22H2,1H3/p+1. The third-order valence-corrected chi connectivity index (χ3v) is 5.56. The van der Waals surface area contributed by atoms with E-state index in [-0.39, 0.29) is 13.2 Å². The first-order valence-corrected chi connectivity index (χ1v) is 11.9. The van der Waals surface area contributed by atoms with Crippen molar-refractivity contribution in [3.63, 3.8) is 0 Å². The fourth-order valence-corrected chi connectivity index (χ4v) is 3.76. The zero-order valence-corrected chi connectivity index (χ0v) is 17.9. The van der Waals surface area contributed by atoms with Crippen molar-refractivity contribution >= 4 is 0 Å². The molecule has 3 heteroatoms. The first kappa shape index (κ1) is 25.9. The molecule has 0 rings (SSSR count). The maximum absolute atomic E-state index is 9.01.